The fraction of sp³-hybridized carbons (Fsp3) is 0.278. The largest absolute Gasteiger partial charge is 0.465 e. The zero-order chi connectivity index (χ0) is 17.8. The number of aryl methyl sites for hydroxylation is 1. The van der Waals surface area contributed by atoms with Gasteiger partial charge in [0, 0.05) is 5.56 Å². The Balaban J connectivity index is 1.64. The van der Waals surface area contributed by atoms with Crippen LogP contribution >= 0.6 is 0 Å². The van der Waals surface area contributed by atoms with Crippen LogP contribution in [0, 0.1) is 6.92 Å². The molecule has 0 atom stereocenters. The predicted octanol–water partition coefficient (Wildman–Crippen LogP) is 3.06. The van der Waals surface area contributed by atoms with Gasteiger partial charge in [0.25, 0.3) is 0 Å². The molecule has 7 nitrogen and oxygen atoms in total. The number of nitrogens with zero attached hydrogens (tertiary/aromatic N) is 3. The molecule has 0 unspecified atom stereocenters. The Morgan fingerprint density at radius 3 is 2.56 bits per heavy atom. The van der Waals surface area contributed by atoms with Gasteiger partial charge in [0.2, 0.25) is 11.7 Å². The third-order valence-electron chi connectivity index (χ3n) is 3.66. The molecule has 0 aliphatic heterocycles. The Labute approximate surface area is 145 Å². The summed E-state index contributed by atoms with van der Waals surface area (Å²) < 4.78 is 15.5. The maximum absolute atomic E-state index is 11.5. The third kappa shape index (κ3) is 4.13. The summed E-state index contributed by atoms with van der Waals surface area (Å²) in [6, 6.07) is 10.7. The molecule has 0 bridgehead atoms. The number of aromatic nitrogens is 2. The van der Waals surface area contributed by atoms with Gasteiger partial charge in [-0.1, -0.05) is 17.3 Å². The van der Waals surface area contributed by atoms with Gasteiger partial charge < -0.3 is 13.7 Å². The Kier molecular flexibility index (Phi) is 4.95. The number of esters is 1. The van der Waals surface area contributed by atoms with Crippen molar-refractivity contribution in [1.82, 2.24) is 15.0 Å². The Morgan fingerprint density at radius 2 is 1.92 bits per heavy atom. The van der Waals surface area contributed by atoms with E-state index in [1.807, 2.05) is 31.0 Å². The van der Waals surface area contributed by atoms with E-state index >= 15 is 0 Å². The molecular weight excluding hydrogens is 322 g/mol. The van der Waals surface area contributed by atoms with E-state index in [0.717, 1.165) is 17.1 Å². The second-order valence-electron chi connectivity index (χ2n) is 5.77. The zero-order valence-electron chi connectivity index (χ0n) is 14.4. The van der Waals surface area contributed by atoms with Gasteiger partial charge in [0.05, 0.1) is 25.8 Å². The van der Waals surface area contributed by atoms with Gasteiger partial charge in [0.15, 0.2) is 0 Å². The zero-order valence-corrected chi connectivity index (χ0v) is 14.4. The molecule has 0 amide bonds. The quantitative estimate of drug-likeness (QED) is 0.637. The lowest BCUT2D eigenvalue weighted by Gasteiger charge is -2.11. The number of hydrogen-bond donors (Lipinski definition) is 0. The second-order valence-corrected chi connectivity index (χ2v) is 5.77. The third-order valence-corrected chi connectivity index (χ3v) is 3.66. The van der Waals surface area contributed by atoms with Gasteiger partial charge in [-0.15, -0.1) is 0 Å². The van der Waals surface area contributed by atoms with Crippen LogP contribution < -0.4 is 0 Å². The summed E-state index contributed by atoms with van der Waals surface area (Å²) >= 11 is 0. The van der Waals surface area contributed by atoms with E-state index in [-0.39, 0.29) is 5.97 Å². The van der Waals surface area contributed by atoms with E-state index in [1.54, 1.807) is 24.3 Å². The Hall–Kier alpha value is -2.93. The SMILES string of the molecule is COC(=O)c1ccc(-c2noc(CN(C)Cc3ccc(C)o3)n2)cc1. The first-order valence-electron chi connectivity index (χ1n) is 7.80. The minimum absolute atomic E-state index is 0.380. The van der Waals surface area contributed by atoms with E-state index in [9.17, 15) is 4.79 Å². The molecule has 2 aromatic heterocycles. The molecule has 0 aliphatic carbocycles. The molecule has 7 heteroatoms. The lowest BCUT2D eigenvalue weighted by atomic mass is 10.1. The van der Waals surface area contributed by atoms with Crippen LogP contribution in [0.25, 0.3) is 11.4 Å². The van der Waals surface area contributed by atoms with Crippen LogP contribution in [0.2, 0.25) is 0 Å². The second kappa shape index (κ2) is 7.31. The van der Waals surface area contributed by atoms with E-state index in [1.165, 1.54) is 7.11 Å². The van der Waals surface area contributed by atoms with Crippen molar-refractivity contribution in [1.29, 1.82) is 0 Å². The number of hydrogen-bond acceptors (Lipinski definition) is 7. The van der Waals surface area contributed by atoms with Crippen molar-refractivity contribution in [2.24, 2.45) is 0 Å². The van der Waals surface area contributed by atoms with Gasteiger partial charge in [-0.25, -0.2) is 4.79 Å². The molecule has 3 rings (SSSR count). The number of benzene rings is 1. The van der Waals surface area contributed by atoms with Crippen molar-refractivity contribution in [3.05, 3.63) is 59.4 Å². The number of carbonyl (C=O) groups excluding carboxylic acids is 1. The van der Waals surface area contributed by atoms with Gasteiger partial charge in [-0.2, -0.15) is 4.98 Å². The van der Waals surface area contributed by atoms with Crippen molar-refractivity contribution in [3.8, 4) is 11.4 Å². The minimum atomic E-state index is -0.380. The molecule has 1 aromatic carbocycles. The molecule has 0 aliphatic rings. The molecule has 0 radical (unpaired) electrons. The summed E-state index contributed by atoms with van der Waals surface area (Å²) in [5, 5.41) is 3.99. The molecule has 25 heavy (non-hydrogen) atoms. The normalized spacial score (nSPS) is 11.0. The molecule has 0 fully saturated rings. The topological polar surface area (TPSA) is 81.6 Å². The van der Waals surface area contributed by atoms with E-state index < -0.39 is 0 Å². The van der Waals surface area contributed by atoms with Crippen LogP contribution in [-0.4, -0.2) is 35.2 Å². The van der Waals surface area contributed by atoms with E-state index in [0.29, 0.717) is 30.4 Å². The molecule has 2 heterocycles. The van der Waals surface area contributed by atoms with Crippen molar-refractivity contribution in [3.63, 3.8) is 0 Å². The summed E-state index contributed by atoms with van der Waals surface area (Å²) in [4.78, 5) is 17.9. The highest BCUT2D eigenvalue weighted by atomic mass is 16.5. The first-order chi connectivity index (χ1) is 12.0. The molecule has 0 saturated carbocycles. The molecule has 130 valence electrons. The maximum Gasteiger partial charge on any atom is 0.337 e. The number of methoxy groups -OCH3 is 1. The molecule has 0 saturated heterocycles. The number of rotatable bonds is 6. The highest BCUT2D eigenvalue weighted by Crippen LogP contribution is 2.18. The lowest BCUT2D eigenvalue weighted by molar-refractivity contribution is 0.0600. The summed E-state index contributed by atoms with van der Waals surface area (Å²) in [5.41, 5.74) is 1.25. The van der Waals surface area contributed by atoms with Crippen LogP contribution in [0.3, 0.4) is 0 Å². The summed E-state index contributed by atoms with van der Waals surface area (Å²) in [5.74, 6) is 2.39. The predicted molar refractivity (Wildman–Crippen MR) is 89.7 cm³/mol. The van der Waals surface area contributed by atoms with E-state index in [4.69, 9.17) is 8.94 Å². The van der Waals surface area contributed by atoms with Crippen LogP contribution in [0.4, 0.5) is 0 Å². The summed E-state index contributed by atoms with van der Waals surface area (Å²) in [6.45, 7) is 3.08. The van der Waals surface area contributed by atoms with Crippen molar-refractivity contribution in [2.75, 3.05) is 14.2 Å². The smallest absolute Gasteiger partial charge is 0.337 e. The molecule has 0 spiro atoms. The van der Waals surface area contributed by atoms with Gasteiger partial charge in [0.1, 0.15) is 11.5 Å². The molecule has 3 aromatic rings. The van der Waals surface area contributed by atoms with Gasteiger partial charge >= 0.3 is 5.97 Å². The number of ether oxygens (including phenoxy) is 1. The average Bonchev–Trinajstić information content (AvgIpc) is 3.23. The first kappa shape index (κ1) is 16.9. The van der Waals surface area contributed by atoms with Crippen LogP contribution in [-0.2, 0) is 17.8 Å². The van der Waals surface area contributed by atoms with Gasteiger partial charge in [-0.05, 0) is 38.2 Å². The van der Waals surface area contributed by atoms with Crippen molar-refractivity contribution < 1.29 is 18.5 Å². The standard InChI is InChI=1S/C18H19N3O4/c1-12-4-9-15(24-12)10-21(2)11-16-19-17(20-25-16)13-5-7-14(8-6-13)18(22)23-3/h4-9H,10-11H2,1-3H3. The average molecular weight is 341 g/mol. The van der Waals surface area contributed by atoms with E-state index in [2.05, 4.69) is 14.9 Å². The van der Waals surface area contributed by atoms with Gasteiger partial charge in [-0.3, -0.25) is 4.90 Å². The minimum Gasteiger partial charge on any atom is -0.465 e. The number of carbonyl (C=O) groups is 1. The van der Waals surface area contributed by atoms with Crippen LogP contribution in [0.1, 0.15) is 27.8 Å². The Bertz CT molecular complexity index is 851. The highest BCUT2D eigenvalue weighted by Gasteiger charge is 2.13. The van der Waals surface area contributed by atoms with Crippen LogP contribution in [0.5, 0.6) is 0 Å². The van der Waals surface area contributed by atoms with Crippen LogP contribution in [0.15, 0.2) is 45.3 Å². The summed E-state index contributed by atoms with van der Waals surface area (Å²) in [7, 11) is 3.30. The monoisotopic (exact) mass is 341 g/mol. The van der Waals surface area contributed by atoms with Crippen molar-refractivity contribution >= 4 is 5.97 Å². The maximum atomic E-state index is 11.5. The first-order valence-corrected chi connectivity index (χ1v) is 7.80. The lowest BCUT2D eigenvalue weighted by Crippen LogP contribution is -2.17. The van der Waals surface area contributed by atoms with Crippen molar-refractivity contribution in [2.45, 2.75) is 20.0 Å². The summed E-state index contributed by atoms with van der Waals surface area (Å²) in [6.07, 6.45) is 0. The molecular formula is C18H19N3O4. The molecule has 0 N–H and O–H groups in total. The fourth-order valence-corrected chi connectivity index (χ4v) is 2.43. The fourth-order valence-electron chi connectivity index (χ4n) is 2.43. The highest BCUT2D eigenvalue weighted by molar-refractivity contribution is 5.89. The Morgan fingerprint density at radius 1 is 1.16 bits per heavy atom. The number of furan rings is 1.